The zero-order valence-electron chi connectivity index (χ0n) is 11.3. The molecule has 0 aliphatic carbocycles. The first-order chi connectivity index (χ1) is 7.40. The van der Waals surface area contributed by atoms with Crippen LogP contribution in [0.25, 0.3) is 0 Å². The maximum Gasteiger partial charge on any atom is 0.0352 e. The van der Waals surface area contributed by atoms with E-state index in [1.54, 1.807) is 0 Å². The SMILES string of the molecule is CCC(CC)c1ccc(C(C)(C)C)cc1N. The Bertz CT molecular complexity index is 343. The molecule has 0 aromatic heterocycles. The molecule has 0 atom stereocenters. The van der Waals surface area contributed by atoms with Gasteiger partial charge in [0.05, 0.1) is 0 Å². The lowest BCUT2D eigenvalue weighted by atomic mass is 9.84. The van der Waals surface area contributed by atoms with Crippen LogP contribution in [-0.4, -0.2) is 0 Å². The minimum Gasteiger partial charge on any atom is -0.398 e. The van der Waals surface area contributed by atoms with E-state index in [0.717, 1.165) is 18.5 Å². The Labute approximate surface area is 100 Å². The second-order valence-electron chi connectivity index (χ2n) is 5.61. The molecule has 0 heterocycles. The normalized spacial score (nSPS) is 12.1. The number of benzene rings is 1. The van der Waals surface area contributed by atoms with Gasteiger partial charge in [0.25, 0.3) is 0 Å². The second-order valence-corrected chi connectivity index (χ2v) is 5.61. The molecule has 0 radical (unpaired) electrons. The molecule has 0 aliphatic heterocycles. The van der Waals surface area contributed by atoms with Gasteiger partial charge < -0.3 is 5.73 Å². The van der Waals surface area contributed by atoms with Crippen molar-refractivity contribution in [2.45, 2.75) is 58.8 Å². The molecule has 2 N–H and O–H groups in total. The van der Waals surface area contributed by atoms with Crippen LogP contribution in [0.15, 0.2) is 18.2 Å². The van der Waals surface area contributed by atoms with Crippen LogP contribution >= 0.6 is 0 Å². The number of anilines is 1. The van der Waals surface area contributed by atoms with Crippen LogP contribution < -0.4 is 5.73 Å². The molecular formula is C15H25N. The summed E-state index contributed by atoms with van der Waals surface area (Å²) < 4.78 is 0. The van der Waals surface area contributed by atoms with Crippen LogP contribution in [0, 0.1) is 0 Å². The first kappa shape index (κ1) is 13.1. The van der Waals surface area contributed by atoms with Crippen molar-refractivity contribution in [3.05, 3.63) is 29.3 Å². The highest BCUT2D eigenvalue weighted by Crippen LogP contribution is 2.32. The fourth-order valence-corrected chi connectivity index (χ4v) is 2.14. The topological polar surface area (TPSA) is 26.0 Å². The van der Waals surface area contributed by atoms with Crippen LogP contribution in [0.2, 0.25) is 0 Å². The van der Waals surface area contributed by atoms with Crippen LogP contribution in [0.3, 0.4) is 0 Å². The predicted molar refractivity (Wildman–Crippen MR) is 72.9 cm³/mol. The van der Waals surface area contributed by atoms with Gasteiger partial charge in [-0.15, -0.1) is 0 Å². The summed E-state index contributed by atoms with van der Waals surface area (Å²) in [5.41, 5.74) is 9.95. The largest absolute Gasteiger partial charge is 0.398 e. The number of nitrogens with two attached hydrogens (primary N) is 1. The molecule has 1 nitrogen and oxygen atoms in total. The van der Waals surface area contributed by atoms with Crippen molar-refractivity contribution in [1.29, 1.82) is 0 Å². The summed E-state index contributed by atoms with van der Waals surface area (Å²) in [7, 11) is 0. The highest BCUT2D eigenvalue weighted by molar-refractivity contribution is 5.52. The van der Waals surface area contributed by atoms with Gasteiger partial charge in [0.2, 0.25) is 0 Å². The molecule has 0 bridgehead atoms. The van der Waals surface area contributed by atoms with E-state index in [4.69, 9.17) is 5.73 Å². The predicted octanol–water partition coefficient (Wildman–Crippen LogP) is 4.47. The van der Waals surface area contributed by atoms with E-state index in [0.29, 0.717) is 5.92 Å². The summed E-state index contributed by atoms with van der Waals surface area (Å²) in [6, 6.07) is 6.59. The fraction of sp³-hybridized carbons (Fsp3) is 0.600. The molecular weight excluding hydrogens is 194 g/mol. The lowest BCUT2D eigenvalue weighted by Crippen LogP contribution is -2.12. The summed E-state index contributed by atoms with van der Waals surface area (Å²) >= 11 is 0. The van der Waals surface area contributed by atoms with E-state index in [-0.39, 0.29) is 5.41 Å². The van der Waals surface area contributed by atoms with Gasteiger partial charge in [-0.25, -0.2) is 0 Å². The van der Waals surface area contributed by atoms with Gasteiger partial charge in [-0.05, 0) is 41.4 Å². The van der Waals surface area contributed by atoms with E-state index in [1.807, 2.05) is 0 Å². The highest BCUT2D eigenvalue weighted by atomic mass is 14.6. The van der Waals surface area contributed by atoms with E-state index < -0.39 is 0 Å². The summed E-state index contributed by atoms with van der Waals surface area (Å²) in [6.45, 7) is 11.1. The summed E-state index contributed by atoms with van der Waals surface area (Å²) in [5.74, 6) is 0.606. The zero-order chi connectivity index (χ0) is 12.3. The molecule has 0 saturated carbocycles. The third-order valence-corrected chi connectivity index (χ3v) is 3.38. The van der Waals surface area contributed by atoms with Gasteiger partial charge in [0.15, 0.2) is 0 Å². The standard InChI is InChI=1S/C15H25N/c1-6-11(7-2)13-9-8-12(10-14(13)16)15(3,4)5/h8-11H,6-7,16H2,1-5H3. The molecule has 0 amide bonds. The van der Waals surface area contributed by atoms with E-state index in [2.05, 4.69) is 52.8 Å². The Kier molecular flexibility index (Phi) is 4.01. The van der Waals surface area contributed by atoms with Crippen LogP contribution in [0.5, 0.6) is 0 Å². The van der Waals surface area contributed by atoms with Crippen molar-refractivity contribution in [3.63, 3.8) is 0 Å². The third-order valence-electron chi connectivity index (χ3n) is 3.38. The molecule has 1 aromatic carbocycles. The maximum atomic E-state index is 6.17. The van der Waals surface area contributed by atoms with Crippen molar-refractivity contribution < 1.29 is 0 Å². The highest BCUT2D eigenvalue weighted by Gasteiger charge is 2.16. The molecule has 1 heteroatoms. The van der Waals surface area contributed by atoms with Crippen molar-refractivity contribution >= 4 is 5.69 Å². The smallest absolute Gasteiger partial charge is 0.0352 e. The quantitative estimate of drug-likeness (QED) is 0.746. The van der Waals surface area contributed by atoms with E-state index >= 15 is 0 Å². The third kappa shape index (κ3) is 2.78. The number of rotatable bonds is 3. The lowest BCUT2D eigenvalue weighted by molar-refractivity contribution is 0.588. The van der Waals surface area contributed by atoms with Gasteiger partial charge in [-0.2, -0.15) is 0 Å². The Morgan fingerprint density at radius 3 is 2.06 bits per heavy atom. The van der Waals surface area contributed by atoms with Crippen LogP contribution in [0.4, 0.5) is 5.69 Å². The van der Waals surface area contributed by atoms with Crippen LogP contribution in [-0.2, 0) is 5.41 Å². The minimum absolute atomic E-state index is 0.181. The summed E-state index contributed by atoms with van der Waals surface area (Å²) in [6.07, 6.45) is 2.32. The Morgan fingerprint density at radius 1 is 1.12 bits per heavy atom. The molecule has 16 heavy (non-hydrogen) atoms. The fourth-order valence-electron chi connectivity index (χ4n) is 2.14. The van der Waals surface area contributed by atoms with Gasteiger partial charge in [-0.1, -0.05) is 46.8 Å². The molecule has 0 saturated heterocycles. The molecule has 1 aromatic rings. The van der Waals surface area contributed by atoms with Crippen molar-refractivity contribution in [3.8, 4) is 0 Å². The van der Waals surface area contributed by atoms with E-state index in [9.17, 15) is 0 Å². The minimum atomic E-state index is 0.181. The number of hydrogen-bond donors (Lipinski definition) is 1. The Hall–Kier alpha value is -0.980. The molecule has 1 rings (SSSR count). The summed E-state index contributed by atoms with van der Waals surface area (Å²) in [5, 5.41) is 0. The molecule has 90 valence electrons. The molecule has 0 spiro atoms. The van der Waals surface area contributed by atoms with Crippen LogP contribution in [0.1, 0.15) is 64.5 Å². The second kappa shape index (κ2) is 4.90. The molecule has 0 aliphatic rings. The molecule has 0 unspecified atom stereocenters. The van der Waals surface area contributed by atoms with Gasteiger partial charge in [-0.3, -0.25) is 0 Å². The first-order valence-electron chi connectivity index (χ1n) is 6.30. The first-order valence-corrected chi connectivity index (χ1v) is 6.30. The van der Waals surface area contributed by atoms with E-state index in [1.165, 1.54) is 11.1 Å². The monoisotopic (exact) mass is 219 g/mol. The average molecular weight is 219 g/mol. The van der Waals surface area contributed by atoms with Crippen molar-refractivity contribution in [2.24, 2.45) is 0 Å². The lowest BCUT2D eigenvalue weighted by Gasteiger charge is -2.22. The average Bonchev–Trinajstić information content (AvgIpc) is 2.20. The van der Waals surface area contributed by atoms with Gasteiger partial charge in [0.1, 0.15) is 0 Å². The number of nitrogen functional groups attached to an aromatic ring is 1. The molecule has 0 fully saturated rings. The number of hydrogen-bond acceptors (Lipinski definition) is 1. The maximum absolute atomic E-state index is 6.17. The zero-order valence-corrected chi connectivity index (χ0v) is 11.3. The van der Waals surface area contributed by atoms with Crippen molar-refractivity contribution in [2.75, 3.05) is 5.73 Å². The Morgan fingerprint density at radius 2 is 1.69 bits per heavy atom. The Balaban J connectivity index is 3.09. The van der Waals surface area contributed by atoms with Gasteiger partial charge in [0, 0.05) is 5.69 Å². The summed E-state index contributed by atoms with van der Waals surface area (Å²) in [4.78, 5) is 0. The van der Waals surface area contributed by atoms with Crippen molar-refractivity contribution in [1.82, 2.24) is 0 Å². The van der Waals surface area contributed by atoms with Gasteiger partial charge >= 0.3 is 0 Å².